The van der Waals surface area contributed by atoms with Gasteiger partial charge in [0.05, 0.1) is 42.2 Å². The third-order valence-corrected chi connectivity index (χ3v) is 8.14. The first-order valence-electron chi connectivity index (χ1n) is 14.2. The summed E-state index contributed by atoms with van der Waals surface area (Å²) in [7, 11) is 2.81. The van der Waals surface area contributed by atoms with E-state index >= 15 is 0 Å². The molecule has 1 aliphatic heterocycles. The number of aliphatic hydroxyl groups excluding tert-OH is 1. The van der Waals surface area contributed by atoms with Crippen molar-refractivity contribution >= 4 is 64.0 Å². The lowest BCUT2D eigenvalue weighted by Crippen LogP contribution is -2.45. The van der Waals surface area contributed by atoms with Crippen molar-refractivity contribution in [3.8, 4) is 23.0 Å². The molecule has 0 unspecified atom stereocenters. The molecule has 0 bridgehead atoms. The molecule has 15 heteroatoms. The Bertz CT molecular complexity index is 1690. The summed E-state index contributed by atoms with van der Waals surface area (Å²) in [6.07, 6.45) is 0.351. The van der Waals surface area contributed by atoms with Crippen LogP contribution in [0.15, 0.2) is 64.9 Å². The van der Waals surface area contributed by atoms with Crippen LogP contribution in [0, 0.1) is 3.57 Å². The van der Waals surface area contributed by atoms with Gasteiger partial charge in [-0.15, -0.1) is 0 Å². The Hall–Kier alpha value is -3.92. The number of ether oxygens (including phenoxy) is 5. The number of hydrogen-bond acceptors (Lipinski definition) is 10. The van der Waals surface area contributed by atoms with Gasteiger partial charge in [0, 0.05) is 21.3 Å². The number of carbonyl (C=O) groups excluding carboxylic acids is 2. The van der Waals surface area contributed by atoms with Crippen LogP contribution in [-0.4, -0.2) is 57.0 Å². The number of amides is 2. The molecular formula is C32H33Cl2IN4O8. The molecule has 0 fully saturated rings. The van der Waals surface area contributed by atoms with Gasteiger partial charge >= 0.3 is 12.0 Å². The fourth-order valence-electron chi connectivity index (χ4n) is 4.56. The molecule has 0 aliphatic carbocycles. The van der Waals surface area contributed by atoms with Crippen molar-refractivity contribution in [3.05, 3.63) is 90.1 Å². The highest BCUT2D eigenvalue weighted by Gasteiger charge is 2.32. The van der Waals surface area contributed by atoms with Crippen LogP contribution in [0.5, 0.6) is 23.0 Å². The molecule has 12 nitrogen and oxygen atoms in total. The smallest absolute Gasteiger partial charge is 0.337 e. The summed E-state index contributed by atoms with van der Waals surface area (Å²) in [4.78, 5) is 24.6. The van der Waals surface area contributed by atoms with E-state index in [4.69, 9.17) is 46.9 Å². The minimum atomic E-state index is -1.17. The Morgan fingerprint density at radius 1 is 1.09 bits per heavy atom. The van der Waals surface area contributed by atoms with Crippen LogP contribution in [0.4, 0.5) is 4.79 Å². The standard InChI is InChI=1S/C32H33Cl2IN4O8/c1-5-45-25-12-19(29-28(31(41)44-4)17(2)37-32(42)38-29)7-9-24(25)46-16-27(40)39-36-14-18-10-23(35)30(26(11-18)43-3)47-15-20-6-8-21(33)13-22(20)34/h6-14,27,29,39-40H,5,15-16H2,1-4H3,(H2,37,38,42)/b36-14-/t27-,29-/m1/s1. The summed E-state index contributed by atoms with van der Waals surface area (Å²) in [6, 6.07) is 12.6. The number of rotatable bonds is 14. The van der Waals surface area contributed by atoms with Gasteiger partial charge < -0.3 is 39.4 Å². The number of carbonyl (C=O) groups is 2. The van der Waals surface area contributed by atoms with Crippen LogP contribution in [0.25, 0.3) is 0 Å². The average molecular weight is 799 g/mol. The van der Waals surface area contributed by atoms with Gasteiger partial charge in [-0.2, -0.15) is 5.10 Å². The number of allylic oxidation sites excluding steroid dienone is 1. The maximum atomic E-state index is 12.5. The summed E-state index contributed by atoms with van der Waals surface area (Å²) in [5.74, 6) is 1.16. The summed E-state index contributed by atoms with van der Waals surface area (Å²) in [6.45, 7) is 3.80. The number of halogens is 3. The second kappa shape index (κ2) is 16.8. The Kier molecular flexibility index (Phi) is 12.8. The van der Waals surface area contributed by atoms with Crippen LogP contribution in [0.1, 0.15) is 36.6 Å². The molecule has 0 saturated carbocycles. The lowest BCUT2D eigenvalue weighted by molar-refractivity contribution is -0.136. The zero-order chi connectivity index (χ0) is 34.1. The first-order valence-corrected chi connectivity index (χ1v) is 16.0. The van der Waals surface area contributed by atoms with Gasteiger partial charge in [0.15, 0.2) is 29.2 Å². The third kappa shape index (κ3) is 9.34. The molecule has 0 aromatic heterocycles. The lowest BCUT2D eigenvalue weighted by Gasteiger charge is -2.28. The lowest BCUT2D eigenvalue weighted by atomic mass is 9.95. The van der Waals surface area contributed by atoms with Crippen molar-refractivity contribution in [3.63, 3.8) is 0 Å². The highest BCUT2D eigenvalue weighted by Crippen LogP contribution is 2.36. The number of hydrogen-bond donors (Lipinski definition) is 4. The van der Waals surface area contributed by atoms with E-state index in [9.17, 15) is 14.7 Å². The zero-order valence-corrected chi connectivity index (χ0v) is 29.5. The number of benzene rings is 3. The minimum Gasteiger partial charge on any atom is -0.493 e. The summed E-state index contributed by atoms with van der Waals surface area (Å²) >= 11 is 14.4. The molecule has 1 aliphatic rings. The Labute approximate surface area is 295 Å². The van der Waals surface area contributed by atoms with Gasteiger partial charge in [0.2, 0.25) is 0 Å². The van der Waals surface area contributed by atoms with Crippen molar-refractivity contribution in [2.75, 3.05) is 27.4 Å². The molecule has 250 valence electrons. The molecule has 2 amide bonds. The molecular weight excluding hydrogens is 766 g/mol. The summed E-state index contributed by atoms with van der Waals surface area (Å²) in [5, 5.41) is 21.0. The molecule has 4 N–H and O–H groups in total. The molecule has 3 aromatic rings. The first-order chi connectivity index (χ1) is 22.5. The van der Waals surface area contributed by atoms with Crippen molar-refractivity contribution < 1.29 is 38.4 Å². The van der Waals surface area contributed by atoms with Crippen molar-refractivity contribution in [2.45, 2.75) is 32.7 Å². The van der Waals surface area contributed by atoms with E-state index in [-0.39, 0.29) is 18.8 Å². The zero-order valence-electron chi connectivity index (χ0n) is 25.9. The Morgan fingerprint density at radius 3 is 2.57 bits per heavy atom. The van der Waals surface area contributed by atoms with Gasteiger partial charge in [-0.25, -0.2) is 9.59 Å². The van der Waals surface area contributed by atoms with Gasteiger partial charge in [-0.05, 0) is 84.0 Å². The SMILES string of the molecule is CCOc1cc([C@H]2NC(=O)NC(C)=C2C(=O)OC)ccc1OC[C@@H](O)N/N=C\c1cc(I)c(OCc2ccc(Cl)cc2Cl)c(OC)c1. The van der Waals surface area contributed by atoms with E-state index in [1.54, 1.807) is 49.4 Å². The molecule has 1 heterocycles. The third-order valence-electron chi connectivity index (χ3n) is 6.75. The molecule has 3 aromatic carbocycles. The van der Waals surface area contributed by atoms with Gasteiger partial charge in [-0.3, -0.25) is 5.43 Å². The number of methoxy groups -OCH3 is 2. The quantitative estimate of drug-likeness (QED) is 0.0530. The maximum absolute atomic E-state index is 12.5. The topological polar surface area (TPSA) is 149 Å². The number of urea groups is 1. The number of aliphatic hydroxyl groups is 1. The molecule has 4 rings (SSSR count). The monoisotopic (exact) mass is 798 g/mol. The highest BCUT2D eigenvalue weighted by molar-refractivity contribution is 14.1. The fourth-order valence-corrected chi connectivity index (χ4v) is 5.81. The number of esters is 1. The normalized spacial score (nSPS) is 15.1. The molecule has 47 heavy (non-hydrogen) atoms. The van der Waals surface area contributed by atoms with Crippen LogP contribution in [-0.2, 0) is 16.1 Å². The van der Waals surface area contributed by atoms with E-state index in [0.717, 1.165) is 9.13 Å². The van der Waals surface area contributed by atoms with Crippen molar-refractivity contribution in [2.24, 2.45) is 5.10 Å². The van der Waals surface area contributed by atoms with Crippen LogP contribution >= 0.6 is 45.8 Å². The van der Waals surface area contributed by atoms with E-state index < -0.39 is 24.3 Å². The second-order valence-corrected chi connectivity index (χ2v) is 12.0. The van der Waals surface area contributed by atoms with E-state index in [1.807, 2.05) is 13.0 Å². The van der Waals surface area contributed by atoms with Crippen LogP contribution in [0.2, 0.25) is 10.0 Å². The van der Waals surface area contributed by atoms with Crippen molar-refractivity contribution in [1.29, 1.82) is 0 Å². The first kappa shape index (κ1) is 35.9. The van der Waals surface area contributed by atoms with Crippen molar-refractivity contribution in [1.82, 2.24) is 16.1 Å². The minimum absolute atomic E-state index is 0.172. The Morgan fingerprint density at radius 2 is 1.87 bits per heavy atom. The van der Waals surface area contributed by atoms with E-state index in [2.05, 4.69) is 43.8 Å². The van der Waals surface area contributed by atoms with Crippen LogP contribution < -0.4 is 35.0 Å². The largest absolute Gasteiger partial charge is 0.493 e. The molecule has 0 saturated heterocycles. The fraction of sp³-hybridized carbons (Fsp3) is 0.281. The van der Waals surface area contributed by atoms with Crippen LogP contribution in [0.3, 0.4) is 0 Å². The molecule has 0 radical (unpaired) electrons. The molecule has 2 atom stereocenters. The van der Waals surface area contributed by atoms with E-state index in [0.29, 0.717) is 56.5 Å². The van der Waals surface area contributed by atoms with Gasteiger partial charge in [0.25, 0.3) is 0 Å². The average Bonchev–Trinajstić information content (AvgIpc) is 3.03. The predicted octanol–water partition coefficient (Wildman–Crippen LogP) is 5.71. The number of hydrazone groups is 1. The number of nitrogens with zero attached hydrogens (tertiary/aromatic N) is 1. The van der Waals surface area contributed by atoms with Gasteiger partial charge in [-0.1, -0.05) is 35.3 Å². The highest BCUT2D eigenvalue weighted by atomic mass is 127. The maximum Gasteiger partial charge on any atom is 0.337 e. The Balaban J connectivity index is 1.39. The van der Waals surface area contributed by atoms with Gasteiger partial charge in [0.1, 0.15) is 13.2 Å². The molecule has 0 spiro atoms. The second-order valence-electron chi connectivity index (χ2n) is 9.97. The van der Waals surface area contributed by atoms with E-state index in [1.165, 1.54) is 20.4 Å². The number of nitrogens with one attached hydrogen (secondary N) is 3. The summed E-state index contributed by atoms with van der Waals surface area (Å²) in [5.41, 5.74) is 5.32. The predicted molar refractivity (Wildman–Crippen MR) is 185 cm³/mol. The summed E-state index contributed by atoms with van der Waals surface area (Å²) < 4.78 is 28.8.